The Morgan fingerprint density at radius 2 is 1.57 bits per heavy atom. The number of piperazine rings is 1. The van der Waals surface area contributed by atoms with Gasteiger partial charge >= 0.3 is 0 Å². The van der Waals surface area contributed by atoms with Crippen molar-refractivity contribution in [3.05, 3.63) is 59.9 Å². The van der Waals surface area contributed by atoms with Gasteiger partial charge in [-0.05, 0) is 49.7 Å². The highest BCUT2D eigenvalue weighted by Crippen LogP contribution is 2.41. The lowest BCUT2D eigenvalue weighted by molar-refractivity contribution is -0.134. The molecule has 6 heteroatoms. The molecule has 1 saturated carbocycles. The number of anilines is 2. The highest BCUT2D eigenvalue weighted by molar-refractivity contribution is 5.99. The van der Waals surface area contributed by atoms with Crippen molar-refractivity contribution in [3.63, 3.8) is 0 Å². The van der Waals surface area contributed by atoms with Crippen molar-refractivity contribution >= 4 is 23.2 Å². The number of halogens is 1. The van der Waals surface area contributed by atoms with Crippen molar-refractivity contribution in [3.8, 4) is 0 Å². The van der Waals surface area contributed by atoms with E-state index in [4.69, 9.17) is 0 Å². The molecule has 2 aromatic carbocycles. The van der Waals surface area contributed by atoms with Crippen LogP contribution in [-0.4, -0.2) is 42.9 Å². The Bertz CT molecular complexity index is 858. The molecule has 28 heavy (non-hydrogen) atoms. The van der Waals surface area contributed by atoms with Gasteiger partial charge in [0.2, 0.25) is 11.8 Å². The molecule has 2 amide bonds. The normalized spacial score (nSPS) is 21.4. The molecular weight excluding hydrogens is 357 g/mol. The Morgan fingerprint density at radius 3 is 2.21 bits per heavy atom. The second-order valence-electron chi connectivity index (χ2n) is 7.59. The molecule has 0 bridgehead atoms. The summed E-state index contributed by atoms with van der Waals surface area (Å²) < 4.78 is 13.1. The van der Waals surface area contributed by atoms with Crippen LogP contribution in [0.25, 0.3) is 0 Å². The largest absolute Gasteiger partial charge is 0.368 e. The first-order valence-electron chi connectivity index (χ1n) is 9.68. The van der Waals surface area contributed by atoms with Gasteiger partial charge in [-0.3, -0.25) is 9.59 Å². The number of rotatable bonds is 4. The number of carbonyl (C=O) groups excluding carboxylic acids is 2. The topological polar surface area (TPSA) is 52.7 Å². The summed E-state index contributed by atoms with van der Waals surface area (Å²) in [6.07, 6.45) is 0.620. The smallest absolute Gasteiger partial charge is 0.228 e. The molecule has 0 aromatic heterocycles. The standard InChI is InChI=1S/C22H24FN3O2/c1-15-2-6-17(7-3-15)24-21(27)19-14-20(19)22(28)26-12-10-25(11-13-26)18-8-4-16(23)5-9-18/h2-9,19-20H,10-14H2,1H3,(H,24,27). The number of hydrogen-bond acceptors (Lipinski definition) is 3. The average molecular weight is 381 g/mol. The molecule has 1 heterocycles. The molecule has 5 nitrogen and oxygen atoms in total. The molecule has 146 valence electrons. The molecule has 2 unspecified atom stereocenters. The van der Waals surface area contributed by atoms with Crippen molar-refractivity contribution in [2.75, 3.05) is 36.4 Å². The zero-order valence-electron chi connectivity index (χ0n) is 15.9. The van der Waals surface area contributed by atoms with E-state index in [1.807, 2.05) is 36.1 Å². The van der Waals surface area contributed by atoms with Crippen LogP contribution in [0.5, 0.6) is 0 Å². The van der Waals surface area contributed by atoms with Crippen LogP contribution in [0.2, 0.25) is 0 Å². The summed E-state index contributed by atoms with van der Waals surface area (Å²) in [4.78, 5) is 29.1. The van der Waals surface area contributed by atoms with Gasteiger partial charge in [0.1, 0.15) is 5.82 Å². The summed E-state index contributed by atoms with van der Waals surface area (Å²) in [6.45, 7) is 4.67. The molecule has 4 rings (SSSR count). The van der Waals surface area contributed by atoms with Gasteiger partial charge in [-0.25, -0.2) is 4.39 Å². The van der Waals surface area contributed by atoms with Gasteiger partial charge < -0.3 is 15.1 Å². The summed E-state index contributed by atoms with van der Waals surface area (Å²) in [5.41, 5.74) is 2.87. The molecular formula is C22H24FN3O2. The first kappa shape index (κ1) is 18.5. The number of amides is 2. The lowest BCUT2D eigenvalue weighted by Crippen LogP contribution is -2.49. The summed E-state index contributed by atoms with van der Waals surface area (Å²) in [5.74, 6) is -0.692. The summed E-state index contributed by atoms with van der Waals surface area (Å²) in [7, 11) is 0. The predicted octanol–water partition coefficient (Wildman–Crippen LogP) is 3.06. The van der Waals surface area contributed by atoms with Gasteiger partial charge in [-0.2, -0.15) is 0 Å². The Balaban J connectivity index is 1.27. The van der Waals surface area contributed by atoms with Crippen LogP contribution in [0.15, 0.2) is 48.5 Å². The van der Waals surface area contributed by atoms with Crippen molar-refractivity contribution in [2.24, 2.45) is 11.8 Å². The third kappa shape index (κ3) is 4.01. The van der Waals surface area contributed by atoms with Gasteiger partial charge in [0.15, 0.2) is 0 Å². The third-order valence-corrected chi connectivity index (χ3v) is 5.55. The van der Waals surface area contributed by atoms with Crippen LogP contribution >= 0.6 is 0 Å². The third-order valence-electron chi connectivity index (χ3n) is 5.55. The number of nitrogens with one attached hydrogen (secondary N) is 1. The lowest BCUT2D eigenvalue weighted by Gasteiger charge is -2.36. The van der Waals surface area contributed by atoms with Crippen LogP contribution in [0, 0.1) is 24.6 Å². The Morgan fingerprint density at radius 1 is 0.929 bits per heavy atom. The number of hydrogen-bond donors (Lipinski definition) is 1. The summed E-state index contributed by atoms with van der Waals surface area (Å²) in [5, 5.41) is 2.90. The second kappa shape index (κ2) is 7.62. The van der Waals surface area contributed by atoms with E-state index >= 15 is 0 Å². The second-order valence-corrected chi connectivity index (χ2v) is 7.59. The predicted molar refractivity (Wildman–Crippen MR) is 107 cm³/mol. The maximum atomic E-state index is 13.1. The minimum Gasteiger partial charge on any atom is -0.368 e. The fourth-order valence-corrected chi connectivity index (χ4v) is 3.70. The zero-order chi connectivity index (χ0) is 19.7. The SMILES string of the molecule is Cc1ccc(NC(=O)C2CC2C(=O)N2CCN(c3ccc(F)cc3)CC2)cc1. The monoisotopic (exact) mass is 381 g/mol. The Hall–Kier alpha value is -2.89. The maximum absolute atomic E-state index is 13.1. The van der Waals surface area contributed by atoms with Gasteiger partial charge in [0.05, 0.1) is 11.8 Å². The van der Waals surface area contributed by atoms with Gasteiger partial charge in [0, 0.05) is 37.6 Å². The molecule has 1 aliphatic heterocycles. The Labute approximate surface area is 164 Å². The highest BCUT2D eigenvalue weighted by atomic mass is 19.1. The van der Waals surface area contributed by atoms with E-state index in [0.29, 0.717) is 32.6 Å². The van der Waals surface area contributed by atoms with E-state index in [-0.39, 0.29) is 29.5 Å². The number of carbonyl (C=O) groups is 2. The molecule has 2 fully saturated rings. The lowest BCUT2D eigenvalue weighted by atomic mass is 10.2. The quantitative estimate of drug-likeness (QED) is 0.886. The van der Waals surface area contributed by atoms with Gasteiger partial charge in [0.25, 0.3) is 0 Å². The fourth-order valence-electron chi connectivity index (χ4n) is 3.70. The molecule has 1 saturated heterocycles. The van der Waals surface area contributed by atoms with Gasteiger partial charge in [-0.15, -0.1) is 0 Å². The van der Waals surface area contributed by atoms with E-state index in [1.165, 1.54) is 12.1 Å². The minimum atomic E-state index is -0.249. The van der Waals surface area contributed by atoms with Crippen LogP contribution in [-0.2, 0) is 9.59 Å². The fraction of sp³-hybridized carbons (Fsp3) is 0.364. The van der Waals surface area contributed by atoms with Crippen LogP contribution in [0.1, 0.15) is 12.0 Å². The molecule has 1 N–H and O–H groups in total. The Kier molecular flexibility index (Phi) is 5.03. The number of benzene rings is 2. The van der Waals surface area contributed by atoms with E-state index in [1.54, 1.807) is 12.1 Å². The molecule has 0 radical (unpaired) electrons. The zero-order valence-corrected chi connectivity index (χ0v) is 15.9. The molecule has 1 aliphatic carbocycles. The highest BCUT2D eigenvalue weighted by Gasteiger charge is 2.49. The number of aryl methyl sites for hydroxylation is 1. The molecule has 2 aliphatic rings. The number of nitrogens with zero attached hydrogens (tertiary/aromatic N) is 2. The van der Waals surface area contributed by atoms with Crippen molar-refractivity contribution in [1.29, 1.82) is 0 Å². The van der Waals surface area contributed by atoms with Crippen LogP contribution in [0.4, 0.5) is 15.8 Å². The minimum absolute atomic E-state index is 0.0720. The van der Waals surface area contributed by atoms with E-state index in [0.717, 1.165) is 16.9 Å². The molecule has 2 atom stereocenters. The van der Waals surface area contributed by atoms with E-state index in [9.17, 15) is 14.0 Å². The molecule has 2 aromatic rings. The summed E-state index contributed by atoms with van der Waals surface area (Å²) >= 11 is 0. The van der Waals surface area contributed by atoms with Gasteiger partial charge in [-0.1, -0.05) is 17.7 Å². The average Bonchev–Trinajstić information content (AvgIpc) is 3.51. The van der Waals surface area contributed by atoms with Crippen molar-refractivity contribution in [2.45, 2.75) is 13.3 Å². The van der Waals surface area contributed by atoms with Crippen LogP contribution in [0.3, 0.4) is 0 Å². The first-order valence-corrected chi connectivity index (χ1v) is 9.68. The first-order chi connectivity index (χ1) is 13.5. The maximum Gasteiger partial charge on any atom is 0.228 e. The summed E-state index contributed by atoms with van der Waals surface area (Å²) in [6, 6.07) is 14.1. The molecule has 0 spiro atoms. The van der Waals surface area contributed by atoms with Crippen LogP contribution < -0.4 is 10.2 Å². The van der Waals surface area contributed by atoms with Crippen molar-refractivity contribution in [1.82, 2.24) is 4.90 Å². The van der Waals surface area contributed by atoms with E-state index < -0.39 is 0 Å². The van der Waals surface area contributed by atoms with Crippen molar-refractivity contribution < 1.29 is 14.0 Å². The van der Waals surface area contributed by atoms with E-state index in [2.05, 4.69) is 10.2 Å².